The van der Waals surface area contributed by atoms with Gasteiger partial charge in [0.1, 0.15) is 23.1 Å². The van der Waals surface area contributed by atoms with Crippen LogP contribution < -0.4 is 14.4 Å². The highest BCUT2D eigenvalue weighted by Crippen LogP contribution is 2.28. The lowest BCUT2D eigenvalue weighted by atomic mass is 10.1. The quantitative estimate of drug-likeness (QED) is 0.530. The van der Waals surface area contributed by atoms with Gasteiger partial charge in [-0.15, -0.1) is 0 Å². The monoisotopic (exact) mass is 434 g/mol. The number of para-hydroxylation sites is 2. The Morgan fingerprint density at radius 2 is 1.66 bits per heavy atom. The van der Waals surface area contributed by atoms with Crippen LogP contribution in [0.5, 0.6) is 17.2 Å². The highest BCUT2D eigenvalue weighted by molar-refractivity contribution is 5.77. The summed E-state index contributed by atoms with van der Waals surface area (Å²) in [6.45, 7) is 2.97. The molecule has 1 saturated heterocycles. The Balaban J connectivity index is 1.28. The summed E-state index contributed by atoms with van der Waals surface area (Å²) >= 11 is 0. The van der Waals surface area contributed by atoms with Crippen LogP contribution in [0.1, 0.15) is 12.0 Å². The van der Waals surface area contributed by atoms with Crippen LogP contribution in [-0.4, -0.2) is 44.1 Å². The number of methoxy groups -OCH3 is 1. The fraction of sp³-hybridized carbons (Fsp3) is 0.269. The molecule has 0 spiro atoms. The molecule has 0 aromatic heterocycles. The largest absolute Gasteiger partial charge is 0.495 e. The van der Waals surface area contributed by atoms with Crippen LogP contribution in [0.25, 0.3) is 0 Å². The zero-order valence-electron chi connectivity index (χ0n) is 18.2. The molecule has 5 nitrogen and oxygen atoms in total. The number of ether oxygens (including phenoxy) is 2. The fourth-order valence-electron chi connectivity index (χ4n) is 3.90. The molecule has 3 aromatic rings. The highest BCUT2D eigenvalue weighted by atomic mass is 19.1. The van der Waals surface area contributed by atoms with Gasteiger partial charge in [-0.3, -0.25) is 4.79 Å². The van der Waals surface area contributed by atoms with Crippen LogP contribution in [-0.2, 0) is 11.2 Å². The molecule has 0 atom stereocenters. The molecule has 0 aliphatic carbocycles. The van der Waals surface area contributed by atoms with Gasteiger partial charge in [0.05, 0.1) is 12.8 Å². The van der Waals surface area contributed by atoms with Crippen LogP contribution in [0.2, 0.25) is 0 Å². The van der Waals surface area contributed by atoms with Crippen molar-refractivity contribution in [2.75, 3.05) is 38.2 Å². The van der Waals surface area contributed by atoms with E-state index in [9.17, 15) is 9.18 Å². The van der Waals surface area contributed by atoms with Gasteiger partial charge in [-0.2, -0.15) is 0 Å². The van der Waals surface area contributed by atoms with Crippen LogP contribution in [0.15, 0.2) is 72.8 Å². The van der Waals surface area contributed by atoms with Gasteiger partial charge in [0.2, 0.25) is 5.91 Å². The number of rotatable bonds is 7. The molecule has 4 rings (SSSR count). The van der Waals surface area contributed by atoms with Crippen molar-refractivity contribution in [3.63, 3.8) is 0 Å². The van der Waals surface area contributed by atoms with E-state index in [0.717, 1.165) is 30.1 Å². The third kappa shape index (κ3) is 5.38. The van der Waals surface area contributed by atoms with Crippen LogP contribution in [0, 0.1) is 5.82 Å². The molecule has 0 bridgehead atoms. The minimum atomic E-state index is -0.298. The number of nitrogens with zero attached hydrogens (tertiary/aromatic N) is 2. The van der Waals surface area contributed by atoms with Gasteiger partial charge < -0.3 is 19.3 Å². The number of carbonyl (C=O) groups is 1. The van der Waals surface area contributed by atoms with Crippen LogP contribution in [0.4, 0.5) is 10.1 Å². The summed E-state index contributed by atoms with van der Waals surface area (Å²) < 4.78 is 24.3. The van der Waals surface area contributed by atoms with Crippen LogP contribution in [0.3, 0.4) is 0 Å². The van der Waals surface area contributed by atoms with Crippen molar-refractivity contribution >= 4 is 11.6 Å². The predicted octanol–water partition coefficient (Wildman–Crippen LogP) is 4.91. The lowest BCUT2D eigenvalue weighted by molar-refractivity contribution is -0.131. The van der Waals surface area contributed by atoms with Crippen molar-refractivity contribution in [2.45, 2.75) is 12.8 Å². The number of carbonyl (C=O) groups excluding carboxylic acids is 1. The minimum Gasteiger partial charge on any atom is -0.495 e. The molecule has 6 heteroatoms. The van der Waals surface area contributed by atoms with E-state index in [0.29, 0.717) is 37.4 Å². The molecule has 3 aromatic carbocycles. The Hall–Kier alpha value is -3.54. The number of halogens is 1. The first-order chi connectivity index (χ1) is 15.6. The summed E-state index contributed by atoms with van der Waals surface area (Å²) in [5, 5.41) is 0. The van der Waals surface area contributed by atoms with Crippen molar-refractivity contribution < 1.29 is 18.7 Å². The summed E-state index contributed by atoms with van der Waals surface area (Å²) in [6.07, 6.45) is 1.10. The maximum atomic E-state index is 13.1. The van der Waals surface area contributed by atoms with E-state index in [-0.39, 0.29) is 11.7 Å². The average Bonchev–Trinajstić information content (AvgIpc) is 2.84. The number of benzene rings is 3. The molecule has 1 amide bonds. The Kier molecular flexibility index (Phi) is 6.90. The van der Waals surface area contributed by atoms with Gasteiger partial charge in [-0.1, -0.05) is 24.3 Å². The van der Waals surface area contributed by atoms with Crippen molar-refractivity contribution in [3.8, 4) is 17.2 Å². The molecule has 0 radical (unpaired) electrons. The normalized spacial score (nSPS) is 13.7. The second kappa shape index (κ2) is 10.2. The highest BCUT2D eigenvalue weighted by Gasteiger charge is 2.22. The summed E-state index contributed by atoms with van der Waals surface area (Å²) in [5.41, 5.74) is 2.10. The molecule has 1 heterocycles. The molecule has 32 heavy (non-hydrogen) atoms. The lowest BCUT2D eigenvalue weighted by Crippen LogP contribution is -2.48. The number of hydrogen-bond acceptors (Lipinski definition) is 4. The van der Waals surface area contributed by atoms with E-state index in [1.165, 1.54) is 12.1 Å². The van der Waals surface area contributed by atoms with E-state index in [2.05, 4.69) is 11.0 Å². The number of piperazine rings is 1. The standard InChI is InChI=1S/C26H27FN2O3/c1-31-25-8-3-2-7-24(25)28-15-17-29(18-16-28)26(30)14-9-20-5-4-6-23(19-20)32-22-12-10-21(27)11-13-22/h2-8,10-13,19H,9,14-18H2,1H3. The number of hydrogen-bond donors (Lipinski definition) is 0. The van der Waals surface area contributed by atoms with E-state index in [1.807, 2.05) is 47.4 Å². The van der Waals surface area contributed by atoms with Gasteiger partial charge in [-0.25, -0.2) is 4.39 Å². The Morgan fingerprint density at radius 3 is 2.41 bits per heavy atom. The predicted molar refractivity (Wildman–Crippen MR) is 123 cm³/mol. The van der Waals surface area contributed by atoms with Gasteiger partial charge in [0.15, 0.2) is 0 Å². The van der Waals surface area contributed by atoms with E-state index in [4.69, 9.17) is 9.47 Å². The summed E-state index contributed by atoms with van der Waals surface area (Å²) in [5.74, 6) is 1.97. The van der Waals surface area contributed by atoms with E-state index in [1.54, 1.807) is 19.2 Å². The van der Waals surface area contributed by atoms with E-state index >= 15 is 0 Å². The van der Waals surface area contributed by atoms with Gasteiger partial charge in [0.25, 0.3) is 0 Å². The summed E-state index contributed by atoms with van der Waals surface area (Å²) in [6, 6.07) is 21.6. The molecular formula is C26H27FN2O3. The number of aryl methyl sites for hydroxylation is 1. The van der Waals surface area contributed by atoms with E-state index < -0.39 is 0 Å². The van der Waals surface area contributed by atoms with Crippen molar-refractivity contribution in [3.05, 3.63) is 84.2 Å². The first kappa shape index (κ1) is 21.7. The SMILES string of the molecule is COc1ccccc1N1CCN(C(=O)CCc2cccc(Oc3ccc(F)cc3)c2)CC1. The smallest absolute Gasteiger partial charge is 0.223 e. The van der Waals surface area contributed by atoms with Crippen LogP contribution >= 0.6 is 0 Å². The Bertz CT molecular complexity index is 1050. The molecule has 0 N–H and O–H groups in total. The topological polar surface area (TPSA) is 42.0 Å². The second-order valence-electron chi connectivity index (χ2n) is 7.74. The third-order valence-electron chi connectivity index (χ3n) is 5.63. The molecule has 0 unspecified atom stereocenters. The zero-order chi connectivity index (χ0) is 22.3. The van der Waals surface area contributed by atoms with Gasteiger partial charge in [-0.05, 0) is 60.5 Å². The van der Waals surface area contributed by atoms with Crippen molar-refractivity contribution in [1.29, 1.82) is 0 Å². The zero-order valence-corrected chi connectivity index (χ0v) is 18.2. The lowest BCUT2D eigenvalue weighted by Gasteiger charge is -2.36. The summed E-state index contributed by atoms with van der Waals surface area (Å²) in [7, 11) is 1.68. The molecule has 166 valence electrons. The Morgan fingerprint density at radius 1 is 0.906 bits per heavy atom. The fourth-order valence-corrected chi connectivity index (χ4v) is 3.90. The second-order valence-corrected chi connectivity index (χ2v) is 7.74. The molecule has 0 saturated carbocycles. The van der Waals surface area contributed by atoms with Crippen molar-refractivity contribution in [2.24, 2.45) is 0 Å². The maximum absolute atomic E-state index is 13.1. The average molecular weight is 435 g/mol. The minimum absolute atomic E-state index is 0.162. The number of amides is 1. The van der Waals surface area contributed by atoms with Gasteiger partial charge >= 0.3 is 0 Å². The Labute approximate surface area is 188 Å². The molecule has 1 aliphatic rings. The van der Waals surface area contributed by atoms with Crippen molar-refractivity contribution in [1.82, 2.24) is 4.90 Å². The first-order valence-corrected chi connectivity index (χ1v) is 10.8. The first-order valence-electron chi connectivity index (χ1n) is 10.8. The molecule has 1 fully saturated rings. The maximum Gasteiger partial charge on any atom is 0.223 e. The molecular weight excluding hydrogens is 407 g/mol. The summed E-state index contributed by atoms with van der Waals surface area (Å²) in [4.78, 5) is 17.0. The molecule has 1 aliphatic heterocycles. The number of anilines is 1. The van der Waals surface area contributed by atoms with Gasteiger partial charge in [0, 0.05) is 32.6 Å². The third-order valence-corrected chi connectivity index (χ3v) is 5.63.